The molecule has 9 heteroatoms. The minimum atomic E-state index is -0.617. The lowest BCUT2D eigenvalue weighted by atomic mass is 10.1. The maximum atomic E-state index is 13.1. The van der Waals surface area contributed by atoms with Gasteiger partial charge in [-0.1, -0.05) is 41.4 Å². The van der Waals surface area contributed by atoms with Gasteiger partial charge in [0.2, 0.25) is 0 Å². The Bertz CT molecular complexity index is 1050. The van der Waals surface area contributed by atoms with Gasteiger partial charge in [0, 0.05) is 0 Å². The molecule has 0 aliphatic rings. The molecule has 1 amide bonds. The van der Waals surface area contributed by atoms with Crippen LogP contribution in [0.4, 0.5) is 5.82 Å². The van der Waals surface area contributed by atoms with Gasteiger partial charge < -0.3 is 14.8 Å². The van der Waals surface area contributed by atoms with Crippen molar-refractivity contribution in [2.75, 3.05) is 19.0 Å². The average molecular weight is 434 g/mol. The Balaban J connectivity index is 2.08. The topological polar surface area (TPSA) is 82.5 Å². The third-order valence-electron chi connectivity index (χ3n) is 3.99. The lowest BCUT2D eigenvalue weighted by Crippen LogP contribution is -2.19. The molecule has 0 saturated carbocycles. The van der Waals surface area contributed by atoms with Crippen molar-refractivity contribution in [2.24, 2.45) is 0 Å². The molecule has 0 aliphatic carbocycles. The molecule has 0 fully saturated rings. The molecular weight excluding hydrogens is 417 g/mol. The molecule has 0 atom stereocenters. The predicted molar refractivity (Wildman–Crippen MR) is 110 cm³/mol. The zero-order valence-corrected chi connectivity index (χ0v) is 17.1. The van der Waals surface area contributed by atoms with Gasteiger partial charge in [-0.15, -0.1) is 0 Å². The minimum Gasteiger partial charge on any atom is -0.494 e. The number of ether oxygens (including phenoxy) is 2. The van der Waals surface area contributed by atoms with E-state index in [4.69, 9.17) is 32.7 Å². The normalized spacial score (nSPS) is 10.5. The number of methoxy groups -OCH3 is 1. The summed E-state index contributed by atoms with van der Waals surface area (Å²) in [5, 5.41) is 7.30. The van der Waals surface area contributed by atoms with Gasteiger partial charge in [0.1, 0.15) is 11.1 Å². The van der Waals surface area contributed by atoms with Crippen LogP contribution < -0.4 is 10.1 Å². The smallest absolute Gasteiger partial charge is 0.343 e. The number of benzene rings is 2. The van der Waals surface area contributed by atoms with Crippen molar-refractivity contribution < 1.29 is 19.1 Å². The Labute approximate surface area is 177 Å². The van der Waals surface area contributed by atoms with Gasteiger partial charge in [0.15, 0.2) is 11.6 Å². The zero-order valence-electron chi connectivity index (χ0n) is 15.6. The number of para-hydroxylation sites is 1. The molecule has 3 aromatic rings. The maximum Gasteiger partial charge on any atom is 0.343 e. The summed E-state index contributed by atoms with van der Waals surface area (Å²) in [6.45, 7) is 1.87. The van der Waals surface area contributed by atoms with Crippen molar-refractivity contribution >= 4 is 40.9 Å². The first-order valence-electron chi connectivity index (χ1n) is 8.61. The molecule has 0 radical (unpaired) electrons. The predicted octanol–water partition coefficient (Wildman–Crippen LogP) is 4.62. The van der Waals surface area contributed by atoms with E-state index in [1.165, 1.54) is 30.1 Å². The van der Waals surface area contributed by atoms with Crippen LogP contribution in [0.1, 0.15) is 27.6 Å². The molecule has 7 nitrogen and oxygen atoms in total. The van der Waals surface area contributed by atoms with Crippen molar-refractivity contribution in [3.8, 4) is 11.4 Å². The summed E-state index contributed by atoms with van der Waals surface area (Å²) in [5.41, 5.74) is 0.779. The molecule has 150 valence electrons. The zero-order chi connectivity index (χ0) is 21.0. The van der Waals surface area contributed by atoms with Crippen LogP contribution in [0.5, 0.6) is 5.75 Å². The number of hydrogen-bond acceptors (Lipinski definition) is 5. The number of anilines is 1. The Kier molecular flexibility index (Phi) is 6.41. The van der Waals surface area contributed by atoms with E-state index in [2.05, 4.69) is 10.4 Å². The van der Waals surface area contributed by atoms with Gasteiger partial charge >= 0.3 is 5.97 Å². The van der Waals surface area contributed by atoms with Gasteiger partial charge in [-0.05, 0) is 31.2 Å². The largest absolute Gasteiger partial charge is 0.494 e. The van der Waals surface area contributed by atoms with Gasteiger partial charge in [-0.2, -0.15) is 5.10 Å². The van der Waals surface area contributed by atoms with E-state index < -0.39 is 11.9 Å². The fourth-order valence-corrected chi connectivity index (χ4v) is 3.18. The second-order valence-electron chi connectivity index (χ2n) is 5.77. The van der Waals surface area contributed by atoms with Crippen molar-refractivity contribution in [3.63, 3.8) is 0 Å². The number of hydrogen-bond donors (Lipinski definition) is 1. The number of rotatable bonds is 6. The molecule has 1 aromatic heterocycles. The van der Waals surface area contributed by atoms with E-state index in [9.17, 15) is 9.59 Å². The molecule has 1 N–H and O–H groups in total. The standard InChI is InChI=1S/C20H17Cl2N3O4/c1-3-29-20(27)13-11-23-25(12-7-5-4-6-8-12)18(13)24-19(26)16-14(21)9-10-15(22)17(16)28-2/h4-11H,3H2,1-2H3,(H,24,26). The molecule has 1 heterocycles. The first-order valence-corrected chi connectivity index (χ1v) is 9.37. The Morgan fingerprint density at radius 2 is 1.79 bits per heavy atom. The summed E-state index contributed by atoms with van der Waals surface area (Å²) in [6, 6.07) is 12.0. The second-order valence-corrected chi connectivity index (χ2v) is 6.58. The van der Waals surface area contributed by atoms with Crippen LogP contribution in [0.2, 0.25) is 10.0 Å². The van der Waals surface area contributed by atoms with Crippen LogP contribution >= 0.6 is 23.2 Å². The highest BCUT2D eigenvalue weighted by molar-refractivity contribution is 6.37. The van der Waals surface area contributed by atoms with Crippen molar-refractivity contribution in [1.82, 2.24) is 9.78 Å². The third kappa shape index (κ3) is 4.21. The fraction of sp³-hybridized carbons (Fsp3) is 0.150. The highest BCUT2D eigenvalue weighted by Crippen LogP contribution is 2.34. The summed E-state index contributed by atoms with van der Waals surface area (Å²) < 4.78 is 11.7. The van der Waals surface area contributed by atoms with E-state index in [-0.39, 0.29) is 39.3 Å². The van der Waals surface area contributed by atoms with Crippen molar-refractivity contribution in [1.29, 1.82) is 0 Å². The van der Waals surface area contributed by atoms with Gasteiger partial charge in [0.05, 0.1) is 35.6 Å². The van der Waals surface area contributed by atoms with Gasteiger partial charge in [-0.3, -0.25) is 4.79 Å². The second kappa shape index (κ2) is 8.98. The monoisotopic (exact) mass is 433 g/mol. The summed E-state index contributed by atoms with van der Waals surface area (Å²) in [5.74, 6) is -0.968. The molecule has 3 rings (SSSR count). The molecule has 2 aromatic carbocycles. The number of aromatic nitrogens is 2. The van der Waals surface area contributed by atoms with Crippen LogP contribution in [0.3, 0.4) is 0 Å². The molecule has 0 unspecified atom stereocenters. The summed E-state index contributed by atoms with van der Waals surface area (Å²) >= 11 is 12.3. The number of esters is 1. The number of amides is 1. The number of nitrogens with one attached hydrogen (secondary N) is 1. The molecule has 29 heavy (non-hydrogen) atoms. The van der Waals surface area contributed by atoms with Crippen LogP contribution in [0.25, 0.3) is 5.69 Å². The van der Waals surface area contributed by atoms with E-state index in [1.54, 1.807) is 19.1 Å². The van der Waals surface area contributed by atoms with Crippen LogP contribution in [-0.2, 0) is 4.74 Å². The maximum absolute atomic E-state index is 13.1. The van der Waals surface area contributed by atoms with Crippen LogP contribution in [0, 0.1) is 0 Å². The number of carbonyl (C=O) groups is 2. The average Bonchev–Trinajstić information content (AvgIpc) is 3.13. The van der Waals surface area contributed by atoms with E-state index >= 15 is 0 Å². The quantitative estimate of drug-likeness (QED) is 0.573. The first-order chi connectivity index (χ1) is 14.0. The minimum absolute atomic E-state index is 0.0392. The highest BCUT2D eigenvalue weighted by Gasteiger charge is 2.25. The Morgan fingerprint density at radius 3 is 2.45 bits per heavy atom. The molecule has 0 saturated heterocycles. The summed E-state index contributed by atoms with van der Waals surface area (Å²) in [6.07, 6.45) is 1.33. The molecule has 0 spiro atoms. The highest BCUT2D eigenvalue weighted by atomic mass is 35.5. The lowest BCUT2D eigenvalue weighted by molar-refractivity contribution is 0.0527. The van der Waals surface area contributed by atoms with E-state index in [0.717, 1.165) is 0 Å². The lowest BCUT2D eigenvalue weighted by Gasteiger charge is -2.14. The Morgan fingerprint density at radius 1 is 1.10 bits per heavy atom. The van der Waals surface area contributed by atoms with E-state index in [0.29, 0.717) is 5.69 Å². The van der Waals surface area contributed by atoms with E-state index in [1.807, 2.05) is 18.2 Å². The van der Waals surface area contributed by atoms with Crippen molar-refractivity contribution in [3.05, 3.63) is 69.8 Å². The van der Waals surface area contributed by atoms with Gasteiger partial charge in [0.25, 0.3) is 5.91 Å². The molecular formula is C20H17Cl2N3O4. The van der Waals surface area contributed by atoms with Crippen LogP contribution in [-0.4, -0.2) is 35.4 Å². The molecule has 0 aliphatic heterocycles. The Hall–Kier alpha value is -3.03. The number of carbonyl (C=O) groups excluding carboxylic acids is 2. The van der Waals surface area contributed by atoms with Gasteiger partial charge in [-0.25, -0.2) is 9.48 Å². The summed E-state index contributed by atoms with van der Waals surface area (Å²) in [7, 11) is 1.38. The number of halogens is 2. The summed E-state index contributed by atoms with van der Waals surface area (Å²) in [4.78, 5) is 25.4. The number of nitrogens with zero attached hydrogens (tertiary/aromatic N) is 2. The first kappa shape index (κ1) is 20.7. The SMILES string of the molecule is CCOC(=O)c1cnn(-c2ccccc2)c1NC(=O)c1c(Cl)ccc(Cl)c1OC. The van der Waals surface area contributed by atoms with Crippen molar-refractivity contribution in [2.45, 2.75) is 6.92 Å². The molecule has 0 bridgehead atoms. The fourth-order valence-electron chi connectivity index (χ4n) is 2.71. The van der Waals surface area contributed by atoms with Crippen LogP contribution in [0.15, 0.2) is 48.7 Å². The third-order valence-corrected chi connectivity index (χ3v) is 4.60.